The minimum Gasteiger partial charge on any atom is -0.456 e. The zero-order chi connectivity index (χ0) is 40.2. The fourth-order valence-corrected chi connectivity index (χ4v) is 9.05. The van der Waals surface area contributed by atoms with E-state index in [1.165, 1.54) is 0 Å². The van der Waals surface area contributed by atoms with Gasteiger partial charge in [0, 0.05) is 54.5 Å². The van der Waals surface area contributed by atoms with Gasteiger partial charge in [0.05, 0.1) is 68.6 Å². The van der Waals surface area contributed by atoms with Crippen LogP contribution in [-0.4, -0.2) is 9.13 Å². The van der Waals surface area contributed by atoms with Crippen molar-refractivity contribution in [2.75, 3.05) is 0 Å². The molecule has 12 aromatic rings. The van der Waals surface area contributed by atoms with Crippen molar-refractivity contribution in [2.45, 2.75) is 0 Å². The summed E-state index contributed by atoms with van der Waals surface area (Å²) in [5.41, 5.74) is 13.0. The highest BCUT2D eigenvalue weighted by Crippen LogP contribution is 2.40. The molecule has 8 aromatic carbocycles. The van der Waals surface area contributed by atoms with Crippen molar-refractivity contribution in [1.82, 2.24) is 9.13 Å². The Hall–Kier alpha value is -9.08. The van der Waals surface area contributed by atoms with Crippen LogP contribution in [0.3, 0.4) is 0 Å². The molecule has 0 aliphatic carbocycles. The smallest absolute Gasteiger partial charge is 0.135 e. The van der Waals surface area contributed by atoms with Crippen LogP contribution in [-0.2, 0) is 0 Å². The number of furan rings is 2. The number of hydrogen-bond donors (Lipinski definition) is 0. The van der Waals surface area contributed by atoms with E-state index >= 15 is 0 Å². The van der Waals surface area contributed by atoms with Crippen molar-refractivity contribution < 1.29 is 8.83 Å². The Kier molecular flexibility index (Phi) is 6.73. The van der Waals surface area contributed by atoms with E-state index in [9.17, 15) is 21.0 Å². The molecule has 0 saturated carbocycles. The van der Waals surface area contributed by atoms with Crippen LogP contribution in [0.15, 0.2) is 154 Å². The Morgan fingerprint density at radius 2 is 0.600 bits per heavy atom. The van der Waals surface area contributed by atoms with Crippen molar-refractivity contribution in [3.05, 3.63) is 168 Å². The molecule has 4 heterocycles. The van der Waals surface area contributed by atoms with Crippen LogP contribution >= 0.6 is 0 Å². The van der Waals surface area contributed by atoms with E-state index in [0.29, 0.717) is 22.3 Å². The largest absolute Gasteiger partial charge is 0.456 e. The van der Waals surface area contributed by atoms with Crippen LogP contribution in [0.4, 0.5) is 0 Å². The van der Waals surface area contributed by atoms with Crippen LogP contribution in [0.1, 0.15) is 22.3 Å². The molecule has 0 aliphatic rings. The Balaban J connectivity index is 1.00. The molecule has 0 fully saturated rings. The molecule has 0 saturated heterocycles. The lowest BCUT2D eigenvalue weighted by Crippen LogP contribution is -1.93. The van der Waals surface area contributed by atoms with Crippen LogP contribution in [0.2, 0.25) is 0 Å². The van der Waals surface area contributed by atoms with Crippen molar-refractivity contribution in [1.29, 1.82) is 21.0 Å². The van der Waals surface area contributed by atoms with Crippen LogP contribution < -0.4 is 0 Å². The lowest BCUT2D eigenvalue weighted by atomic mass is 10.0. The van der Waals surface area contributed by atoms with Gasteiger partial charge in [-0.25, -0.2) is 0 Å². The van der Waals surface area contributed by atoms with Crippen LogP contribution in [0.25, 0.3) is 110 Å². The fourth-order valence-electron chi connectivity index (χ4n) is 9.05. The quantitative estimate of drug-likeness (QED) is 0.176. The molecule has 0 amide bonds. The van der Waals surface area contributed by atoms with Gasteiger partial charge in [-0.05, 0) is 145 Å². The molecule has 12 rings (SSSR count). The standard InChI is InChI=1S/C52H24N6O2/c53-25-29-1-9-45-37(17-29)38-18-30(26-54)2-10-46(38)57(45)35-7-15-51-43(23-35)41-21-33(5-13-49(41)59-51)34-6-14-50-42(22-34)44-24-36(8-16-52(44)60-50)58-47-11-3-31(27-55)19-39(47)40-20-32(28-56)4-12-48(40)58/h1-24H. The highest BCUT2D eigenvalue weighted by atomic mass is 16.3. The van der Waals surface area contributed by atoms with Crippen LogP contribution in [0.5, 0.6) is 0 Å². The lowest BCUT2D eigenvalue weighted by molar-refractivity contribution is 0.668. The molecule has 0 spiro atoms. The third-order valence-electron chi connectivity index (χ3n) is 11.8. The summed E-state index contributed by atoms with van der Waals surface area (Å²) in [6, 6.07) is 56.6. The number of benzene rings is 8. The van der Waals surface area contributed by atoms with Gasteiger partial charge in [0.15, 0.2) is 0 Å². The van der Waals surface area contributed by atoms with Gasteiger partial charge in [0.25, 0.3) is 0 Å². The van der Waals surface area contributed by atoms with Gasteiger partial charge in [-0.2, -0.15) is 21.0 Å². The first-order chi connectivity index (χ1) is 29.5. The summed E-state index contributed by atoms with van der Waals surface area (Å²) in [6.07, 6.45) is 0. The van der Waals surface area contributed by atoms with Crippen molar-refractivity contribution in [3.8, 4) is 46.8 Å². The number of nitrogens with zero attached hydrogens (tertiary/aromatic N) is 6. The van der Waals surface area contributed by atoms with E-state index in [0.717, 1.165) is 110 Å². The minimum atomic E-state index is 0.560. The van der Waals surface area contributed by atoms with E-state index in [-0.39, 0.29) is 0 Å². The lowest BCUT2D eigenvalue weighted by Gasteiger charge is -2.08. The van der Waals surface area contributed by atoms with E-state index < -0.39 is 0 Å². The van der Waals surface area contributed by atoms with E-state index in [2.05, 4.69) is 69.8 Å². The van der Waals surface area contributed by atoms with E-state index in [4.69, 9.17) is 8.83 Å². The average molecular weight is 765 g/mol. The maximum Gasteiger partial charge on any atom is 0.135 e. The zero-order valence-electron chi connectivity index (χ0n) is 31.4. The number of aromatic nitrogens is 2. The SMILES string of the molecule is N#Cc1ccc2c(c1)c1cc(C#N)ccc1n2-c1ccc2oc3ccc(-c4ccc5oc6ccc(-n7c8ccc(C#N)cc8c8cc(C#N)ccc87)cc6c5c4)cc3c2c1. The van der Waals surface area contributed by atoms with Crippen molar-refractivity contribution in [2.24, 2.45) is 0 Å². The molecule has 0 N–H and O–H groups in total. The second-order valence-corrected chi connectivity index (χ2v) is 15.0. The molecule has 0 bridgehead atoms. The third kappa shape index (κ3) is 4.68. The number of fused-ring (bicyclic) bond motifs is 12. The van der Waals surface area contributed by atoms with Gasteiger partial charge in [-0.15, -0.1) is 0 Å². The van der Waals surface area contributed by atoms with Gasteiger partial charge in [0.1, 0.15) is 22.3 Å². The molecular formula is C52H24N6O2. The van der Waals surface area contributed by atoms with E-state index in [1.54, 1.807) is 0 Å². The molecule has 0 unspecified atom stereocenters. The Morgan fingerprint density at radius 1 is 0.300 bits per heavy atom. The highest BCUT2D eigenvalue weighted by Gasteiger charge is 2.19. The molecule has 4 aromatic heterocycles. The van der Waals surface area contributed by atoms with Crippen molar-refractivity contribution >= 4 is 87.5 Å². The normalized spacial score (nSPS) is 11.6. The highest BCUT2D eigenvalue weighted by molar-refractivity contribution is 6.13. The summed E-state index contributed by atoms with van der Waals surface area (Å²) in [5.74, 6) is 0. The van der Waals surface area contributed by atoms with Crippen molar-refractivity contribution in [3.63, 3.8) is 0 Å². The van der Waals surface area contributed by atoms with Gasteiger partial charge < -0.3 is 18.0 Å². The molecule has 8 nitrogen and oxygen atoms in total. The molecule has 60 heavy (non-hydrogen) atoms. The fraction of sp³-hybridized carbons (Fsp3) is 0. The van der Waals surface area contributed by atoms with Crippen LogP contribution in [0, 0.1) is 45.3 Å². The summed E-state index contributed by atoms with van der Waals surface area (Å²) in [5, 5.41) is 46.3. The number of nitriles is 4. The topological polar surface area (TPSA) is 131 Å². The molecule has 0 radical (unpaired) electrons. The molecule has 0 atom stereocenters. The Bertz CT molecular complexity index is 3660. The maximum absolute atomic E-state index is 9.68. The number of rotatable bonds is 3. The summed E-state index contributed by atoms with van der Waals surface area (Å²) in [7, 11) is 0. The molecule has 0 aliphatic heterocycles. The molecule has 8 heteroatoms. The molecule has 274 valence electrons. The summed E-state index contributed by atoms with van der Waals surface area (Å²) in [6.45, 7) is 0. The van der Waals surface area contributed by atoms with Gasteiger partial charge in [0.2, 0.25) is 0 Å². The molecular weight excluding hydrogens is 741 g/mol. The predicted molar refractivity (Wildman–Crippen MR) is 234 cm³/mol. The van der Waals surface area contributed by atoms with E-state index in [1.807, 2.05) is 109 Å². The Morgan fingerprint density at radius 3 is 0.917 bits per heavy atom. The first-order valence-corrected chi connectivity index (χ1v) is 19.2. The monoisotopic (exact) mass is 764 g/mol. The van der Waals surface area contributed by atoms with Gasteiger partial charge in [-0.3, -0.25) is 0 Å². The average Bonchev–Trinajstić information content (AvgIpc) is 4.04. The first-order valence-electron chi connectivity index (χ1n) is 19.2. The van der Waals surface area contributed by atoms with Gasteiger partial charge >= 0.3 is 0 Å². The van der Waals surface area contributed by atoms with Gasteiger partial charge in [-0.1, -0.05) is 12.1 Å². The minimum absolute atomic E-state index is 0.560. The maximum atomic E-state index is 9.68. The summed E-state index contributed by atoms with van der Waals surface area (Å²) < 4.78 is 17.1. The predicted octanol–water partition coefficient (Wildman–Crippen LogP) is 12.8. The Labute approximate surface area is 340 Å². The number of hydrogen-bond acceptors (Lipinski definition) is 6. The second kappa shape index (κ2) is 12.2. The zero-order valence-corrected chi connectivity index (χ0v) is 31.4. The second-order valence-electron chi connectivity index (χ2n) is 15.0. The summed E-state index contributed by atoms with van der Waals surface area (Å²) in [4.78, 5) is 0. The third-order valence-corrected chi connectivity index (χ3v) is 11.8. The first kappa shape index (κ1) is 33.1. The summed E-state index contributed by atoms with van der Waals surface area (Å²) >= 11 is 0.